The van der Waals surface area contributed by atoms with Gasteiger partial charge in [-0.2, -0.15) is 0 Å². The second kappa shape index (κ2) is 7.79. The van der Waals surface area contributed by atoms with Gasteiger partial charge in [0.1, 0.15) is 11.5 Å². The Morgan fingerprint density at radius 1 is 1.16 bits per heavy atom. The standard InChI is InChI=1S/C21H24O3S/c1-21(2,3)17-11-13-19(23-4)16(20(17)24-5)10-12-18(22)14-6-8-15(25)9-7-14/h6-8,10-13H,9H2,1-5H3. The third-order valence-electron chi connectivity index (χ3n) is 4.05. The summed E-state index contributed by atoms with van der Waals surface area (Å²) in [5.74, 6) is 1.33. The highest BCUT2D eigenvalue weighted by Gasteiger charge is 2.22. The minimum absolute atomic E-state index is 0.0657. The van der Waals surface area contributed by atoms with Crippen LogP contribution in [0.2, 0.25) is 0 Å². The summed E-state index contributed by atoms with van der Waals surface area (Å²) in [7, 11) is 3.24. The maximum Gasteiger partial charge on any atom is 0.185 e. The smallest absolute Gasteiger partial charge is 0.185 e. The summed E-state index contributed by atoms with van der Waals surface area (Å²) in [6.45, 7) is 6.36. The molecule has 3 nitrogen and oxygen atoms in total. The van der Waals surface area contributed by atoms with Gasteiger partial charge in [-0.1, -0.05) is 51.2 Å². The van der Waals surface area contributed by atoms with E-state index in [9.17, 15) is 4.79 Å². The highest BCUT2D eigenvalue weighted by atomic mass is 32.1. The normalized spacial score (nSPS) is 14.6. The number of thiocarbonyl (C=S) groups is 1. The van der Waals surface area contributed by atoms with Crippen molar-refractivity contribution in [2.45, 2.75) is 32.6 Å². The summed E-state index contributed by atoms with van der Waals surface area (Å²) >= 11 is 5.11. The first-order chi connectivity index (χ1) is 11.8. The van der Waals surface area contributed by atoms with Crippen molar-refractivity contribution < 1.29 is 14.3 Å². The Morgan fingerprint density at radius 2 is 1.88 bits per heavy atom. The van der Waals surface area contributed by atoms with Gasteiger partial charge >= 0.3 is 0 Å². The lowest BCUT2D eigenvalue weighted by Gasteiger charge is -2.24. The van der Waals surface area contributed by atoms with Crippen LogP contribution in [0.3, 0.4) is 0 Å². The SMILES string of the molecule is COc1ccc(C(C)(C)C)c(OC)c1C=CC(=O)C1=CCC(=S)C=C1. The zero-order chi connectivity index (χ0) is 18.6. The van der Waals surface area contributed by atoms with Crippen LogP contribution in [0.1, 0.15) is 38.3 Å². The van der Waals surface area contributed by atoms with Crippen molar-refractivity contribution in [2.24, 2.45) is 0 Å². The van der Waals surface area contributed by atoms with Crippen LogP contribution in [0.5, 0.6) is 11.5 Å². The average molecular weight is 356 g/mol. The van der Waals surface area contributed by atoms with E-state index in [4.69, 9.17) is 21.7 Å². The van der Waals surface area contributed by atoms with E-state index in [1.165, 1.54) is 0 Å². The Balaban J connectivity index is 2.42. The fourth-order valence-corrected chi connectivity index (χ4v) is 2.85. The molecule has 0 bridgehead atoms. The fourth-order valence-electron chi connectivity index (χ4n) is 2.70. The zero-order valence-corrected chi connectivity index (χ0v) is 16.2. The number of hydrogen-bond acceptors (Lipinski definition) is 4. The Hall–Kier alpha value is -2.20. The number of carbonyl (C=O) groups is 1. The third kappa shape index (κ3) is 4.45. The van der Waals surface area contributed by atoms with E-state index >= 15 is 0 Å². The fraction of sp³-hybridized carbons (Fsp3) is 0.333. The Kier molecular flexibility index (Phi) is 5.96. The molecule has 0 fully saturated rings. The molecule has 0 amide bonds. The second-order valence-electron chi connectivity index (χ2n) is 6.87. The van der Waals surface area contributed by atoms with Crippen molar-refractivity contribution >= 4 is 28.9 Å². The van der Waals surface area contributed by atoms with Crippen LogP contribution < -0.4 is 9.47 Å². The van der Waals surface area contributed by atoms with Crippen molar-refractivity contribution in [3.63, 3.8) is 0 Å². The molecule has 2 rings (SSSR count). The quantitative estimate of drug-likeness (QED) is 0.559. The molecule has 1 aliphatic rings. The molecule has 1 aromatic rings. The minimum Gasteiger partial charge on any atom is -0.496 e. The van der Waals surface area contributed by atoms with Crippen LogP contribution in [0.25, 0.3) is 6.08 Å². The molecule has 0 heterocycles. The Morgan fingerprint density at radius 3 is 2.40 bits per heavy atom. The lowest BCUT2D eigenvalue weighted by Crippen LogP contribution is -2.13. The Labute approximate surface area is 155 Å². The van der Waals surface area contributed by atoms with Crippen LogP contribution in [-0.4, -0.2) is 24.9 Å². The van der Waals surface area contributed by atoms with Gasteiger partial charge in [-0.3, -0.25) is 4.79 Å². The number of carbonyl (C=O) groups excluding carboxylic acids is 1. The maximum atomic E-state index is 12.4. The van der Waals surface area contributed by atoms with Crippen LogP contribution in [0.4, 0.5) is 0 Å². The average Bonchev–Trinajstić information content (AvgIpc) is 2.58. The third-order valence-corrected chi connectivity index (χ3v) is 4.35. The van der Waals surface area contributed by atoms with E-state index in [-0.39, 0.29) is 11.2 Å². The van der Waals surface area contributed by atoms with Gasteiger partial charge in [0.15, 0.2) is 5.78 Å². The predicted molar refractivity (Wildman–Crippen MR) is 107 cm³/mol. The van der Waals surface area contributed by atoms with E-state index in [0.29, 0.717) is 17.7 Å². The van der Waals surface area contributed by atoms with Crippen molar-refractivity contribution in [3.05, 3.63) is 53.1 Å². The van der Waals surface area contributed by atoms with E-state index in [1.807, 2.05) is 18.2 Å². The molecule has 4 heteroatoms. The largest absolute Gasteiger partial charge is 0.496 e. The van der Waals surface area contributed by atoms with Crippen LogP contribution >= 0.6 is 12.2 Å². The van der Waals surface area contributed by atoms with Gasteiger partial charge in [-0.25, -0.2) is 0 Å². The minimum atomic E-state index is -0.0887. The van der Waals surface area contributed by atoms with Crippen LogP contribution in [0, 0.1) is 0 Å². The molecule has 0 radical (unpaired) electrons. The molecule has 0 saturated heterocycles. The topological polar surface area (TPSA) is 35.5 Å². The summed E-state index contributed by atoms with van der Waals surface area (Å²) in [5.41, 5.74) is 2.38. The van der Waals surface area contributed by atoms with Gasteiger partial charge in [0.05, 0.1) is 19.8 Å². The second-order valence-corrected chi connectivity index (χ2v) is 7.40. The summed E-state index contributed by atoms with van der Waals surface area (Å²) in [5, 5.41) is 0. The van der Waals surface area contributed by atoms with E-state index in [2.05, 4.69) is 20.8 Å². The lowest BCUT2D eigenvalue weighted by atomic mass is 9.85. The first kappa shape index (κ1) is 19.1. The zero-order valence-electron chi connectivity index (χ0n) is 15.4. The highest BCUT2D eigenvalue weighted by molar-refractivity contribution is 7.80. The molecule has 1 aromatic carbocycles. The van der Waals surface area contributed by atoms with Crippen LogP contribution in [0.15, 0.2) is 42.0 Å². The number of methoxy groups -OCH3 is 2. The lowest BCUT2D eigenvalue weighted by molar-refractivity contribution is -0.111. The molecular weight excluding hydrogens is 332 g/mol. The van der Waals surface area contributed by atoms with Gasteiger partial charge in [0.25, 0.3) is 0 Å². The van der Waals surface area contributed by atoms with E-state index in [1.54, 1.807) is 38.5 Å². The monoisotopic (exact) mass is 356 g/mol. The summed E-state index contributed by atoms with van der Waals surface area (Å²) < 4.78 is 11.1. The Bertz CT molecular complexity index is 777. The van der Waals surface area contributed by atoms with Crippen molar-refractivity contribution in [1.82, 2.24) is 0 Å². The van der Waals surface area contributed by atoms with Gasteiger partial charge in [-0.05, 0) is 29.7 Å². The number of hydrogen-bond donors (Lipinski definition) is 0. The summed E-state index contributed by atoms with van der Waals surface area (Å²) in [4.78, 5) is 13.3. The number of allylic oxidation sites excluding steroid dienone is 5. The number of benzene rings is 1. The first-order valence-corrected chi connectivity index (χ1v) is 8.57. The van der Waals surface area contributed by atoms with Gasteiger partial charge in [0.2, 0.25) is 0 Å². The molecule has 0 unspecified atom stereocenters. The van der Waals surface area contributed by atoms with Gasteiger partial charge < -0.3 is 9.47 Å². The molecule has 0 spiro atoms. The van der Waals surface area contributed by atoms with Crippen molar-refractivity contribution in [1.29, 1.82) is 0 Å². The molecule has 0 saturated carbocycles. The number of ether oxygens (including phenoxy) is 2. The molecule has 25 heavy (non-hydrogen) atoms. The van der Waals surface area contributed by atoms with E-state index < -0.39 is 0 Å². The van der Waals surface area contributed by atoms with Gasteiger partial charge in [-0.15, -0.1) is 0 Å². The van der Waals surface area contributed by atoms with Crippen LogP contribution in [-0.2, 0) is 10.2 Å². The molecule has 1 aliphatic carbocycles. The molecule has 0 N–H and O–H groups in total. The molecule has 0 aromatic heterocycles. The molecule has 0 atom stereocenters. The van der Waals surface area contributed by atoms with E-state index in [0.717, 1.165) is 21.7 Å². The van der Waals surface area contributed by atoms with Crippen molar-refractivity contribution in [2.75, 3.05) is 14.2 Å². The predicted octanol–water partition coefficient (Wildman–Crippen LogP) is 4.84. The number of ketones is 1. The molecule has 0 aliphatic heterocycles. The van der Waals surface area contributed by atoms with Crippen molar-refractivity contribution in [3.8, 4) is 11.5 Å². The maximum absolute atomic E-state index is 12.4. The summed E-state index contributed by atoms with van der Waals surface area (Å²) in [6.07, 6.45) is 9.37. The molecular formula is C21H24O3S. The summed E-state index contributed by atoms with van der Waals surface area (Å²) in [6, 6.07) is 3.91. The first-order valence-electron chi connectivity index (χ1n) is 8.17. The molecule has 132 valence electrons. The number of rotatable bonds is 5. The highest BCUT2D eigenvalue weighted by Crippen LogP contribution is 2.39. The van der Waals surface area contributed by atoms with Gasteiger partial charge in [0, 0.05) is 22.4 Å².